The van der Waals surface area contributed by atoms with E-state index >= 15 is 0 Å². The van der Waals surface area contributed by atoms with Crippen molar-refractivity contribution >= 4 is 15.9 Å². The summed E-state index contributed by atoms with van der Waals surface area (Å²) in [5, 5.41) is 2.88. The highest BCUT2D eigenvalue weighted by Crippen LogP contribution is 2.19. The molecule has 1 unspecified atom stereocenters. The maximum absolute atomic E-state index is 12.2. The van der Waals surface area contributed by atoms with Crippen LogP contribution in [0.15, 0.2) is 30.3 Å². The molecule has 1 N–H and O–H groups in total. The van der Waals surface area contributed by atoms with Crippen LogP contribution in [0.4, 0.5) is 0 Å². The fourth-order valence-corrected chi connectivity index (χ4v) is 3.95. The van der Waals surface area contributed by atoms with E-state index in [1.54, 1.807) is 0 Å². The lowest BCUT2D eigenvalue weighted by molar-refractivity contribution is -0.125. The standard InChI is InChI=1S/C16H24N2O3S/c1-22(20,21)18-13-6-5-11-15(18)16(19)17-12-7-10-14-8-3-2-4-9-14/h2-4,8-9,15H,5-7,10-13H2,1H3,(H,17,19). The van der Waals surface area contributed by atoms with E-state index in [0.717, 1.165) is 25.7 Å². The number of benzene rings is 1. The van der Waals surface area contributed by atoms with Crippen LogP contribution in [0, 0.1) is 0 Å². The summed E-state index contributed by atoms with van der Waals surface area (Å²) in [5.41, 5.74) is 1.24. The molecule has 1 aromatic rings. The molecule has 1 saturated heterocycles. The molecule has 0 radical (unpaired) electrons. The molecule has 2 rings (SSSR count). The predicted octanol–water partition coefficient (Wildman–Crippen LogP) is 1.55. The molecule has 0 saturated carbocycles. The monoisotopic (exact) mass is 324 g/mol. The van der Waals surface area contributed by atoms with Crippen LogP contribution in [0.5, 0.6) is 0 Å². The lowest BCUT2D eigenvalue weighted by Gasteiger charge is -2.32. The van der Waals surface area contributed by atoms with Gasteiger partial charge in [0.05, 0.1) is 6.26 Å². The van der Waals surface area contributed by atoms with E-state index in [1.807, 2.05) is 18.2 Å². The maximum Gasteiger partial charge on any atom is 0.238 e. The Balaban J connectivity index is 1.80. The third-order valence-electron chi connectivity index (χ3n) is 3.97. The number of hydrogen-bond acceptors (Lipinski definition) is 3. The molecule has 5 nitrogen and oxygen atoms in total. The number of aryl methyl sites for hydroxylation is 1. The second-order valence-electron chi connectivity index (χ2n) is 5.77. The number of nitrogens with zero attached hydrogens (tertiary/aromatic N) is 1. The molecule has 1 atom stereocenters. The highest BCUT2D eigenvalue weighted by molar-refractivity contribution is 7.88. The first-order valence-corrected chi connectivity index (χ1v) is 9.62. The first kappa shape index (κ1) is 17.0. The minimum absolute atomic E-state index is 0.168. The number of amides is 1. The molecule has 1 aliphatic heterocycles. The average Bonchev–Trinajstić information content (AvgIpc) is 2.51. The normalized spacial score (nSPS) is 19.8. The van der Waals surface area contributed by atoms with Crippen molar-refractivity contribution in [3.63, 3.8) is 0 Å². The maximum atomic E-state index is 12.2. The number of rotatable bonds is 6. The van der Waals surface area contributed by atoms with E-state index in [-0.39, 0.29) is 5.91 Å². The second kappa shape index (κ2) is 7.74. The van der Waals surface area contributed by atoms with Crippen LogP contribution in [0.1, 0.15) is 31.2 Å². The highest BCUT2D eigenvalue weighted by atomic mass is 32.2. The highest BCUT2D eigenvalue weighted by Gasteiger charge is 2.34. The Bertz CT molecular complexity index is 587. The fourth-order valence-electron chi connectivity index (χ4n) is 2.83. The van der Waals surface area contributed by atoms with Gasteiger partial charge in [0.25, 0.3) is 0 Å². The molecular formula is C16H24N2O3S. The van der Waals surface area contributed by atoms with E-state index < -0.39 is 16.1 Å². The summed E-state index contributed by atoms with van der Waals surface area (Å²) in [6.07, 6.45) is 5.26. The molecule has 122 valence electrons. The smallest absolute Gasteiger partial charge is 0.238 e. The number of carbonyl (C=O) groups excluding carboxylic acids is 1. The number of nitrogens with one attached hydrogen (secondary N) is 1. The lowest BCUT2D eigenvalue weighted by Crippen LogP contribution is -2.51. The topological polar surface area (TPSA) is 66.5 Å². The van der Waals surface area contributed by atoms with Crippen molar-refractivity contribution in [3.05, 3.63) is 35.9 Å². The van der Waals surface area contributed by atoms with Crippen LogP contribution in [0.3, 0.4) is 0 Å². The quantitative estimate of drug-likeness (QED) is 0.807. The zero-order chi connectivity index (χ0) is 16.0. The molecule has 1 fully saturated rings. The third kappa shape index (κ3) is 4.81. The lowest BCUT2D eigenvalue weighted by atomic mass is 10.0. The number of sulfonamides is 1. The van der Waals surface area contributed by atoms with Gasteiger partial charge in [-0.25, -0.2) is 8.42 Å². The van der Waals surface area contributed by atoms with Crippen molar-refractivity contribution in [1.29, 1.82) is 0 Å². The Morgan fingerprint density at radius 3 is 2.68 bits per heavy atom. The Hall–Kier alpha value is -1.40. The van der Waals surface area contributed by atoms with Crippen LogP contribution < -0.4 is 5.32 Å². The summed E-state index contributed by atoms with van der Waals surface area (Å²) in [6.45, 7) is 1.02. The van der Waals surface area contributed by atoms with E-state index in [9.17, 15) is 13.2 Å². The van der Waals surface area contributed by atoms with Crippen LogP contribution in [-0.2, 0) is 21.2 Å². The molecule has 0 bridgehead atoms. The van der Waals surface area contributed by atoms with E-state index in [0.29, 0.717) is 19.5 Å². The SMILES string of the molecule is CS(=O)(=O)N1CCCCC1C(=O)NCCCc1ccccc1. The molecule has 0 spiro atoms. The zero-order valence-electron chi connectivity index (χ0n) is 13.0. The van der Waals surface area contributed by atoms with Gasteiger partial charge < -0.3 is 5.32 Å². The fraction of sp³-hybridized carbons (Fsp3) is 0.562. The Morgan fingerprint density at radius 2 is 2.00 bits per heavy atom. The number of carbonyl (C=O) groups is 1. The van der Waals surface area contributed by atoms with Crippen LogP contribution >= 0.6 is 0 Å². The van der Waals surface area contributed by atoms with Gasteiger partial charge in [0.1, 0.15) is 6.04 Å². The van der Waals surface area contributed by atoms with Gasteiger partial charge in [-0.05, 0) is 31.2 Å². The van der Waals surface area contributed by atoms with Crippen molar-refractivity contribution in [1.82, 2.24) is 9.62 Å². The zero-order valence-corrected chi connectivity index (χ0v) is 13.8. The Morgan fingerprint density at radius 1 is 1.27 bits per heavy atom. The van der Waals surface area contributed by atoms with E-state index in [1.165, 1.54) is 16.1 Å². The summed E-state index contributed by atoms with van der Waals surface area (Å²) in [5.74, 6) is -0.168. The van der Waals surface area contributed by atoms with Gasteiger partial charge in [-0.2, -0.15) is 4.31 Å². The molecule has 1 amide bonds. The molecule has 0 aromatic heterocycles. The van der Waals surface area contributed by atoms with Crippen LogP contribution in [0.2, 0.25) is 0 Å². The molecule has 22 heavy (non-hydrogen) atoms. The van der Waals surface area contributed by atoms with Gasteiger partial charge in [0.2, 0.25) is 15.9 Å². The van der Waals surface area contributed by atoms with Gasteiger partial charge in [-0.1, -0.05) is 36.8 Å². The minimum atomic E-state index is -3.32. The first-order valence-electron chi connectivity index (χ1n) is 7.77. The van der Waals surface area contributed by atoms with E-state index in [4.69, 9.17) is 0 Å². The minimum Gasteiger partial charge on any atom is -0.355 e. The molecular weight excluding hydrogens is 300 g/mol. The predicted molar refractivity (Wildman–Crippen MR) is 87.0 cm³/mol. The van der Waals surface area contributed by atoms with Gasteiger partial charge in [0, 0.05) is 13.1 Å². The summed E-state index contributed by atoms with van der Waals surface area (Å²) in [4.78, 5) is 12.2. The summed E-state index contributed by atoms with van der Waals surface area (Å²) < 4.78 is 24.9. The van der Waals surface area contributed by atoms with Gasteiger partial charge in [-0.15, -0.1) is 0 Å². The van der Waals surface area contributed by atoms with Gasteiger partial charge in [-0.3, -0.25) is 4.79 Å². The number of hydrogen-bond donors (Lipinski definition) is 1. The van der Waals surface area contributed by atoms with Crippen molar-refractivity contribution in [2.24, 2.45) is 0 Å². The Kier molecular flexibility index (Phi) is 5.97. The molecule has 1 aromatic carbocycles. The van der Waals surface area contributed by atoms with Crippen molar-refractivity contribution in [2.45, 2.75) is 38.1 Å². The summed E-state index contributed by atoms with van der Waals surface area (Å²) in [6, 6.07) is 9.57. The van der Waals surface area contributed by atoms with Crippen molar-refractivity contribution < 1.29 is 13.2 Å². The molecule has 1 heterocycles. The van der Waals surface area contributed by atoms with Crippen LogP contribution in [-0.4, -0.2) is 44.0 Å². The van der Waals surface area contributed by atoms with Gasteiger partial charge >= 0.3 is 0 Å². The van der Waals surface area contributed by atoms with Crippen molar-refractivity contribution in [2.75, 3.05) is 19.3 Å². The van der Waals surface area contributed by atoms with E-state index in [2.05, 4.69) is 17.4 Å². The number of piperidine rings is 1. The first-order chi connectivity index (χ1) is 10.5. The molecule has 6 heteroatoms. The van der Waals surface area contributed by atoms with Crippen molar-refractivity contribution in [3.8, 4) is 0 Å². The molecule has 1 aliphatic rings. The largest absolute Gasteiger partial charge is 0.355 e. The average molecular weight is 324 g/mol. The van der Waals surface area contributed by atoms with Gasteiger partial charge in [0.15, 0.2) is 0 Å². The Labute approximate surface area is 132 Å². The summed E-state index contributed by atoms with van der Waals surface area (Å²) >= 11 is 0. The van der Waals surface area contributed by atoms with Crippen LogP contribution in [0.25, 0.3) is 0 Å². The molecule has 0 aliphatic carbocycles. The summed E-state index contributed by atoms with van der Waals surface area (Å²) in [7, 11) is -3.32. The third-order valence-corrected chi connectivity index (χ3v) is 5.26. The second-order valence-corrected chi connectivity index (χ2v) is 7.70.